The van der Waals surface area contributed by atoms with Gasteiger partial charge in [0.25, 0.3) is 0 Å². The van der Waals surface area contributed by atoms with Crippen LogP contribution in [0.5, 0.6) is 0 Å². The Morgan fingerprint density at radius 3 is 1.97 bits per heavy atom. The number of fused-ring (bicyclic) bond motifs is 1. The molecule has 0 radical (unpaired) electrons. The highest BCUT2D eigenvalue weighted by molar-refractivity contribution is 6.01. The molecule has 2 aromatic carbocycles. The summed E-state index contributed by atoms with van der Waals surface area (Å²) in [5.74, 6) is -5.94. The first-order valence-electron chi connectivity index (χ1n) is 25.1. The van der Waals surface area contributed by atoms with Crippen LogP contribution in [-0.2, 0) is 71.7 Å². The molecular formula is C54H80N10O11. The third kappa shape index (κ3) is 17.5. The van der Waals surface area contributed by atoms with Gasteiger partial charge in [0.1, 0.15) is 30.8 Å². The zero-order chi connectivity index (χ0) is 56.7. The number of aromatic nitrogens is 1. The summed E-state index contributed by atoms with van der Waals surface area (Å²) in [6, 6.07) is 7.27. The van der Waals surface area contributed by atoms with Crippen LogP contribution >= 0.6 is 0 Å². The van der Waals surface area contributed by atoms with Gasteiger partial charge in [-0.3, -0.25) is 38.4 Å². The predicted octanol–water partition coefficient (Wildman–Crippen LogP) is 2.73. The van der Waals surface area contributed by atoms with Gasteiger partial charge < -0.3 is 62.3 Å². The zero-order valence-corrected chi connectivity index (χ0v) is 46.0. The van der Waals surface area contributed by atoms with Crippen LogP contribution in [0.4, 0.5) is 5.69 Å². The Morgan fingerprint density at radius 1 is 0.787 bits per heavy atom. The van der Waals surface area contributed by atoms with Gasteiger partial charge in [0, 0.05) is 54.3 Å². The van der Waals surface area contributed by atoms with Crippen LogP contribution in [0.25, 0.3) is 10.9 Å². The number of esters is 2. The van der Waals surface area contributed by atoms with E-state index in [1.54, 1.807) is 46.2 Å². The Kier molecular flexibility index (Phi) is 22.7. The van der Waals surface area contributed by atoms with E-state index in [9.17, 15) is 43.2 Å². The number of carbonyl (C=O) groups excluding carboxylic acids is 9. The Morgan fingerprint density at radius 2 is 1.41 bits per heavy atom. The molecule has 0 fully saturated rings. The highest BCUT2D eigenvalue weighted by Gasteiger charge is 2.43. The number of nitrogens with one attached hydrogen (secondary N) is 6. The van der Waals surface area contributed by atoms with Crippen LogP contribution in [-0.4, -0.2) is 126 Å². The fourth-order valence-electron chi connectivity index (χ4n) is 8.43. The molecule has 0 saturated heterocycles. The summed E-state index contributed by atoms with van der Waals surface area (Å²) in [6.07, 6.45) is 2.70. The van der Waals surface area contributed by atoms with Crippen molar-refractivity contribution in [3.63, 3.8) is 0 Å². The summed E-state index contributed by atoms with van der Waals surface area (Å²) in [5, 5.41) is 17.4. The minimum atomic E-state index is -1.37. The number of likely N-dealkylation sites (N-methyl/N-ethyl adjacent to an activating group) is 2. The van der Waals surface area contributed by atoms with Crippen molar-refractivity contribution in [2.75, 3.05) is 26.0 Å². The molecule has 75 heavy (non-hydrogen) atoms. The molecule has 21 nitrogen and oxygen atoms in total. The lowest BCUT2D eigenvalue weighted by molar-refractivity contribution is -0.149. The van der Waals surface area contributed by atoms with Crippen molar-refractivity contribution in [2.45, 2.75) is 150 Å². The van der Waals surface area contributed by atoms with E-state index in [0.29, 0.717) is 5.56 Å². The second kappa shape index (κ2) is 27.4. The van der Waals surface area contributed by atoms with Crippen molar-refractivity contribution in [1.29, 1.82) is 0 Å². The highest BCUT2D eigenvalue weighted by atomic mass is 16.5. The van der Waals surface area contributed by atoms with Crippen molar-refractivity contribution in [3.05, 3.63) is 77.5 Å². The molecule has 10 N–H and O–H groups in total. The normalized spacial score (nSPS) is 14.7. The number of anilines is 1. The Hall–Kier alpha value is -7.13. The van der Waals surface area contributed by atoms with E-state index < -0.39 is 101 Å². The number of hydrogen-bond acceptors (Lipinski definition) is 13. The first-order chi connectivity index (χ1) is 34.9. The van der Waals surface area contributed by atoms with Gasteiger partial charge in [-0.2, -0.15) is 0 Å². The molecule has 0 unspecified atom stereocenters. The first-order valence-corrected chi connectivity index (χ1v) is 25.1. The number of nitrogens with zero attached hydrogens (tertiary/aromatic N) is 2. The molecule has 0 spiro atoms. The molecule has 0 aliphatic carbocycles. The molecule has 7 atom stereocenters. The summed E-state index contributed by atoms with van der Waals surface area (Å²) in [6.45, 7) is 19.2. The van der Waals surface area contributed by atoms with Gasteiger partial charge in [-0.15, -0.1) is 0 Å². The van der Waals surface area contributed by atoms with Crippen LogP contribution in [0, 0.1) is 11.3 Å². The molecule has 412 valence electrons. The molecule has 0 bridgehead atoms. The van der Waals surface area contributed by atoms with Crippen LogP contribution in [0.2, 0.25) is 0 Å². The molecule has 21 heteroatoms. The minimum Gasteiger partial charge on any atom is -0.464 e. The topological polar surface area (TPSA) is 304 Å². The van der Waals surface area contributed by atoms with E-state index in [1.165, 1.54) is 30.9 Å². The fraction of sp³-hybridized carbons (Fsp3) is 0.537. The monoisotopic (exact) mass is 1040 g/mol. The molecule has 1 heterocycles. The Balaban J connectivity index is 1.68. The SMILES string of the molecule is CCOC(=O)[C@@H](CCC(=O)OCc1ccc(NC(=O)[C@H](CC(N)=O)NC(=O)[C@H](C)NC(=O)[C@H](C)N)cc1)NC(=O)/C(C)=C/[C@H](C(C)C)N(C)C(=O)[C@@H](NC(=O)[C@@H](NC)C(C)(C)c1cn(C)c2ccccc12)C(C)(C)C. The van der Waals surface area contributed by atoms with Gasteiger partial charge in [-0.25, -0.2) is 4.79 Å². The molecular weight excluding hydrogens is 965 g/mol. The van der Waals surface area contributed by atoms with Gasteiger partial charge in [-0.1, -0.05) is 84.9 Å². The molecule has 0 aliphatic heterocycles. The van der Waals surface area contributed by atoms with Crippen molar-refractivity contribution in [2.24, 2.45) is 29.8 Å². The Bertz CT molecular complexity index is 2560. The maximum Gasteiger partial charge on any atom is 0.328 e. The van der Waals surface area contributed by atoms with Crippen LogP contribution < -0.4 is 43.4 Å². The average molecular weight is 1050 g/mol. The highest BCUT2D eigenvalue weighted by Crippen LogP contribution is 2.35. The second-order valence-corrected chi connectivity index (χ2v) is 20.9. The van der Waals surface area contributed by atoms with Crippen molar-refractivity contribution in [3.8, 4) is 0 Å². The number of primary amides is 1. The van der Waals surface area contributed by atoms with E-state index in [0.717, 1.165) is 16.5 Å². The van der Waals surface area contributed by atoms with E-state index in [4.69, 9.17) is 20.9 Å². The van der Waals surface area contributed by atoms with Gasteiger partial charge in [0.05, 0.1) is 31.2 Å². The number of amides is 7. The molecule has 3 aromatic rings. The number of rotatable bonds is 26. The third-order valence-electron chi connectivity index (χ3n) is 12.9. The van der Waals surface area contributed by atoms with Crippen LogP contribution in [0.15, 0.2) is 66.4 Å². The maximum absolute atomic E-state index is 14.6. The fourth-order valence-corrected chi connectivity index (χ4v) is 8.43. The predicted molar refractivity (Wildman–Crippen MR) is 285 cm³/mol. The average Bonchev–Trinajstić information content (AvgIpc) is 3.68. The summed E-state index contributed by atoms with van der Waals surface area (Å²) in [4.78, 5) is 120. The smallest absolute Gasteiger partial charge is 0.328 e. The number of para-hydroxylation sites is 1. The van der Waals surface area contributed by atoms with Gasteiger partial charge in [-0.05, 0) is 81.8 Å². The Labute approximate surface area is 440 Å². The number of ether oxygens (including phenoxy) is 2. The summed E-state index contributed by atoms with van der Waals surface area (Å²) in [7, 11) is 5.31. The first kappa shape index (κ1) is 62.2. The lowest BCUT2D eigenvalue weighted by atomic mass is 9.76. The second-order valence-electron chi connectivity index (χ2n) is 20.9. The summed E-state index contributed by atoms with van der Waals surface area (Å²) in [5.41, 5.74) is 12.4. The summed E-state index contributed by atoms with van der Waals surface area (Å²) < 4.78 is 12.7. The largest absolute Gasteiger partial charge is 0.464 e. The van der Waals surface area contributed by atoms with Crippen LogP contribution in [0.3, 0.4) is 0 Å². The number of benzene rings is 2. The van der Waals surface area contributed by atoms with Crippen molar-refractivity contribution >= 4 is 69.9 Å². The lowest BCUT2D eigenvalue weighted by Gasteiger charge is -2.39. The summed E-state index contributed by atoms with van der Waals surface area (Å²) >= 11 is 0. The molecule has 3 rings (SSSR count). The van der Waals surface area contributed by atoms with E-state index in [2.05, 4.69) is 31.9 Å². The van der Waals surface area contributed by atoms with Crippen molar-refractivity contribution in [1.82, 2.24) is 36.1 Å². The minimum absolute atomic E-state index is 0.0123. The number of aryl methyl sites for hydroxylation is 1. The standard InChI is InChI=1S/C54H80N10O11/c1-15-74-52(73)38(24-25-43(66)75-29-34-20-22-35(23-21-34)59-49(70)39(27-42(56)65)61-48(69)33(6)58-47(68)32(5)55)60-46(67)31(4)26-41(30(2)3)64(14)51(72)45(53(7,8)9)62-50(71)44(57-12)54(10,11)37-28-63(13)40-19-17-16-18-36(37)40/h16-23,26,28,30,32-33,38-39,41,44-45,57H,15,24-25,27,29,55H2,1-14H3,(H2,56,65)(H,58,68)(H,59,70)(H,60,67)(H,61,69)(H,62,71)/b31-26+/t32-,33-,38+,39-,41+,44+,45+/m0/s1. The van der Waals surface area contributed by atoms with E-state index in [1.807, 2.05) is 90.5 Å². The van der Waals surface area contributed by atoms with E-state index >= 15 is 0 Å². The molecule has 0 saturated carbocycles. The van der Waals surface area contributed by atoms with Crippen molar-refractivity contribution < 1.29 is 52.6 Å². The molecule has 1 aromatic heterocycles. The number of carbonyl (C=O) groups is 9. The quantitative estimate of drug-likeness (QED) is 0.0424. The van der Waals surface area contributed by atoms with Gasteiger partial charge in [0.2, 0.25) is 41.4 Å². The molecule has 7 amide bonds. The number of hydrogen-bond donors (Lipinski definition) is 8. The molecule has 0 aliphatic rings. The number of nitrogens with two attached hydrogens (primary N) is 2. The third-order valence-corrected chi connectivity index (χ3v) is 12.9. The zero-order valence-electron chi connectivity index (χ0n) is 46.0. The van der Waals surface area contributed by atoms with Gasteiger partial charge in [0.15, 0.2) is 0 Å². The van der Waals surface area contributed by atoms with Crippen LogP contribution in [0.1, 0.15) is 107 Å². The van der Waals surface area contributed by atoms with E-state index in [-0.39, 0.29) is 55.0 Å². The van der Waals surface area contributed by atoms with Gasteiger partial charge >= 0.3 is 11.9 Å². The maximum atomic E-state index is 14.6. The lowest BCUT2D eigenvalue weighted by Crippen LogP contribution is -2.61.